The van der Waals surface area contributed by atoms with Gasteiger partial charge in [-0.1, -0.05) is 0 Å². The molecular formula is C13H17N5O2. The fourth-order valence-corrected chi connectivity index (χ4v) is 1.95. The minimum Gasteiger partial charge on any atom is -0.328 e. The molecule has 2 aromatic rings. The van der Waals surface area contributed by atoms with Crippen molar-refractivity contribution in [2.45, 2.75) is 33.6 Å². The molecule has 2 rings (SSSR count). The Bertz CT molecular complexity index is 686. The fourth-order valence-electron chi connectivity index (χ4n) is 1.95. The van der Waals surface area contributed by atoms with Crippen LogP contribution in [0.2, 0.25) is 0 Å². The summed E-state index contributed by atoms with van der Waals surface area (Å²) in [7, 11) is 0. The standard InChI is InChI=1S/C13H17N5O2/c1-7-6-14-13(15-7)18-11(19)5-4-10-8(2)16-9(3)17-12(10)20/h6H,4-5H2,1-3H3,(H,16,17,20)(H2,14,15,18,19). The number of hydrogen-bond donors (Lipinski definition) is 3. The first kappa shape index (κ1) is 14.0. The topological polar surface area (TPSA) is 104 Å². The van der Waals surface area contributed by atoms with Crippen LogP contribution in [-0.4, -0.2) is 25.8 Å². The number of aromatic nitrogens is 4. The third-order valence-electron chi connectivity index (χ3n) is 2.90. The van der Waals surface area contributed by atoms with Gasteiger partial charge in [0.25, 0.3) is 5.56 Å². The van der Waals surface area contributed by atoms with Gasteiger partial charge in [0.1, 0.15) is 5.82 Å². The summed E-state index contributed by atoms with van der Waals surface area (Å²) >= 11 is 0. The lowest BCUT2D eigenvalue weighted by molar-refractivity contribution is -0.116. The summed E-state index contributed by atoms with van der Waals surface area (Å²) in [5.41, 5.74) is 1.89. The number of carbonyl (C=O) groups excluding carboxylic acids is 1. The van der Waals surface area contributed by atoms with Crippen LogP contribution < -0.4 is 10.9 Å². The second-order valence-corrected chi connectivity index (χ2v) is 4.68. The average molecular weight is 275 g/mol. The highest BCUT2D eigenvalue weighted by Gasteiger charge is 2.10. The molecule has 106 valence electrons. The monoisotopic (exact) mass is 275 g/mol. The molecule has 0 aliphatic heterocycles. The van der Waals surface area contributed by atoms with Crippen LogP contribution >= 0.6 is 0 Å². The van der Waals surface area contributed by atoms with Crippen LogP contribution in [0.25, 0.3) is 0 Å². The molecule has 0 bridgehead atoms. The molecule has 2 heterocycles. The van der Waals surface area contributed by atoms with E-state index in [1.807, 2.05) is 6.92 Å². The maximum atomic E-state index is 11.8. The number of aromatic amines is 2. The molecule has 0 unspecified atom stereocenters. The lowest BCUT2D eigenvalue weighted by Crippen LogP contribution is -2.20. The van der Waals surface area contributed by atoms with E-state index in [2.05, 4.69) is 25.3 Å². The number of nitrogens with one attached hydrogen (secondary N) is 3. The summed E-state index contributed by atoms with van der Waals surface area (Å²) in [6.45, 7) is 5.35. The number of H-pyrrole nitrogens is 2. The average Bonchev–Trinajstić information content (AvgIpc) is 2.73. The highest BCUT2D eigenvalue weighted by Crippen LogP contribution is 2.05. The van der Waals surface area contributed by atoms with Crippen molar-refractivity contribution in [3.05, 3.63) is 39.3 Å². The quantitative estimate of drug-likeness (QED) is 0.774. The van der Waals surface area contributed by atoms with E-state index in [1.54, 1.807) is 20.0 Å². The van der Waals surface area contributed by atoms with Gasteiger partial charge >= 0.3 is 0 Å². The van der Waals surface area contributed by atoms with E-state index >= 15 is 0 Å². The van der Waals surface area contributed by atoms with Gasteiger partial charge in [0.15, 0.2) is 0 Å². The second kappa shape index (κ2) is 5.68. The smallest absolute Gasteiger partial charge is 0.254 e. The van der Waals surface area contributed by atoms with Gasteiger partial charge in [-0.05, 0) is 27.2 Å². The molecule has 0 aliphatic rings. The van der Waals surface area contributed by atoms with E-state index in [-0.39, 0.29) is 17.9 Å². The third kappa shape index (κ3) is 3.31. The Morgan fingerprint density at radius 1 is 1.30 bits per heavy atom. The number of aryl methyl sites for hydroxylation is 3. The van der Waals surface area contributed by atoms with Gasteiger partial charge in [-0.2, -0.15) is 0 Å². The first-order chi connectivity index (χ1) is 9.45. The van der Waals surface area contributed by atoms with E-state index in [4.69, 9.17) is 0 Å². The summed E-state index contributed by atoms with van der Waals surface area (Å²) in [6.07, 6.45) is 2.18. The van der Waals surface area contributed by atoms with Gasteiger partial charge in [-0.15, -0.1) is 0 Å². The van der Waals surface area contributed by atoms with Crippen molar-refractivity contribution in [2.75, 3.05) is 5.32 Å². The van der Waals surface area contributed by atoms with Crippen LogP contribution in [0.3, 0.4) is 0 Å². The summed E-state index contributed by atoms with van der Waals surface area (Å²) in [4.78, 5) is 37.3. The first-order valence-electron chi connectivity index (χ1n) is 6.33. The van der Waals surface area contributed by atoms with Gasteiger partial charge in [-0.3, -0.25) is 14.9 Å². The van der Waals surface area contributed by atoms with E-state index in [1.165, 1.54) is 0 Å². The van der Waals surface area contributed by atoms with Gasteiger partial charge in [0.05, 0.1) is 0 Å². The van der Waals surface area contributed by atoms with Gasteiger partial charge in [0, 0.05) is 29.6 Å². The molecule has 7 nitrogen and oxygen atoms in total. The fraction of sp³-hybridized carbons (Fsp3) is 0.385. The molecule has 0 saturated carbocycles. The van der Waals surface area contributed by atoms with Gasteiger partial charge < -0.3 is 9.97 Å². The predicted molar refractivity (Wildman–Crippen MR) is 74.6 cm³/mol. The highest BCUT2D eigenvalue weighted by molar-refractivity contribution is 5.89. The number of anilines is 1. The zero-order chi connectivity index (χ0) is 14.7. The zero-order valence-corrected chi connectivity index (χ0v) is 11.7. The SMILES string of the molecule is Cc1cnc(NC(=O)CCc2c(C)nc(C)[nH]c2=O)[nH]1. The summed E-state index contributed by atoms with van der Waals surface area (Å²) < 4.78 is 0. The Morgan fingerprint density at radius 2 is 2.05 bits per heavy atom. The number of nitrogens with zero attached hydrogens (tertiary/aromatic N) is 2. The Labute approximate surface area is 115 Å². The molecule has 0 saturated heterocycles. The van der Waals surface area contributed by atoms with Crippen LogP contribution in [0, 0.1) is 20.8 Å². The van der Waals surface area contributed by atoms with Crippen molar-refractivity contribution in [3.8, 4) is 0 Å². The molecule has 0 aromatic carbocycles. The Morgan fingerprint density at radius 3 is 2.65 bits per heavy atom. The molecule has 0 fully saturated rings. The van der Waals surface area contributed by atoms with E-state index in [9.17, 15) is 9.59 Å². The van der Waals surface area contributed by atoms with E-state index in [0.29, 0.717) is 29.5 Å². The van der Waals surface area contributed by atoms with Gasteiger partial charge in [-0.25, -0.2) is 9.97 Å². The summed E-state index contributed by atoms with van der Waals surface area (Å²) in [5.74, 6) is 0.797. The molecule has 1 amide bonds. The molecular weight excluding hydrogens is 258 g/mol. The van der Waals surface area contributed by atoms with E-state index < -0.39 is 0 Å². The first-order valence-corrected chi connectivity index (χ1v) is 6.33. The van der Waals surface area contributed by atoms with Crippen LogP contribution in [0.15, 0.2) is 11.0 Å². The minimum atomic E-state index is -0.196. The zero-order valence-electron chi connectivity index (χ0n) is 11.7. The Hall–Kier alpha value is -2.44. The van der Waals surface area contributed by atoms with Crippen molar-refractivity contribution in [1.29, 1.82) is 0 Å². The van der Waals surface area contributed by atoms with Crippen molar-refractivity contribution in [2.24, 2.45) is 0 Å². The van der Waals surface area contributed by atoms with Crippen LogP contribution in [0.5, 0.6) is 0 Å². The normalized spacial score (nSPS) is 10.6. The summed E-state index contributed by atoms with van der Waals surface area (Å²) in [5, 5.41) is 2.65. The maximum absolute atomic E-state index is 11.8. The molecule has 2 aromatic heterocycles. The predicted octanol–water partition coefficient (Wildman–Crippen LogP) is 0.990. The number of rotatable bonds is 4. The lowest BCUT2D eigenvalue weighted by atomic mass is 10.1. The molecule has 7 heteroatoms. The van der Waals surface area contributed by atoms with Crippen LogP contribution in [0.4, 0.5) is 5.95 Å². The second-order valence-electron chi connectivity index (χ2n) is 4.68. The Kier molecular flexibility index (Phi) is 3.97. The van der Waals surface area contributed by atoms with Crippen LogP contribution in [0.1, 0.15) is 29.2 Å². The molecule has 3 N–H and O–H groups in total. The third-order valence-corrected chi connectivity index (χ3v) is 2.90. The maximum Gasteiger partial charge on any atom is 0.254 e. The number of hydrogen-bond acceptors (Lipinski definition) is 4. The van der Waals surface area contributed by atoms with Crippen molar-refractivity contribution in [3.63, 3.8) is 0 Å². The van der Waals surface area contributed by atoms with Crippen LogP contribution in [-0.2, 0) is 11.2 Å². The molecule has 0 aliphatic carbocycles. The van der Waals surface area contributed by atoms with Gasteiger partial charge in [0.2, 0.25) is 11.9 Å². The largest absolute Gasteiger partial charge is 0.328 e. The lowest BCUT2D eigenvalue weighted by Gasteiger charge is -2.05. The van der Waals surface area contributed by atoms with Crippen molar-refractivity contribution >= 4 is 11.9 Å². The van der Waals surface area contributed by atoms with Crippen molar-refractivity contribution in [1.82, 2.24) is 19.9 Å². The van der Waals surface area contributed by atoms with E-state index in [0.717, 1.165) is 5.69 Å². The van der Waals surface area contributed by atoms with Crippen molar-refractivity contribution < 1.29 is 4.79 Å². The molecule has 20 heavy (non-hydrogen) atoms. The molecule has 0 spiro atoms. The summed E-state index contributed by atoms with van der Waals surface area (Å²) in [6, 6.07) is 0. The number of amides is 1. The number of carbonyl (C=O) groups is 1. The minimum absolute atomic E-state index is 0.184. The molecule has 0 atom stereocenters. The molecule has 0 radical (unpaired) electrons. The Balaban J connectivity index is 1.99. The number of imidazole rings is 1. The highest BCUT2D eigenvalue weighted by atomic mass is 16.1.